The Balaban J connectivity index is 2.15. The number of piperazine rings is 1. The zero-order chi connectivity index (χ0) is 14.9. The summed E-state index contributed by atoms with van der Waals surface area (Å²) in [5.74, 6) is 0.708. The molecule has 1 aromatic heterocycles. The molecule has 6 heteroatoms. The predicted molar refractivity (Wildman–Crippen MR) is 83.8 cm³/mol. The minimum Gasteiger partial charge on any atom is -0.384 e. The second-order valence-electron chi connectivity index (χ2n) is 6.05. The number of hydrogen-bond acceptors (Lipinski definition) is 4. The van der Waals surface area contributed by atoms with Crippen LogP contribution in [-0.4, -0.2) is 47.4 Å². The van der Waals surface area contributed by atoms with E-state index in [0.29, 0.717) is 10.6 Å². The number of nitrogens with two attached hydrogens (primary N) is 1. The lowest BCUT2D eigenvalue weighted by molar-refractivity contribution is 0.128. The van der Waals surface area contributed by atoms with E-state index in [9.17, 15) is 0 Å². The molecule has 0 saturated carbocycles. The molecule has 0 aliphatic carbocycles. The van der Waals surface area contributed by atoms with Gasteiger partial charge in [-0.25, -0.2) is 4.98 Å². The summed E-state index contributed by atoms with van der Waals surface area (Å²) in [4.78, 5) is 8.97. The number of nitrogen functional groups attached to an aromatic ring is 1. The molecule has 0 bridgehead atoms. The van der Waals surface area contributed by atoms with E-state index in [2.05, 4.69) is 35.6 Å². The lowest BCUT2D eigenvalue weighted by atomic mass is 10.0. The number of amidine groups is 1. The molecule has 5 nitrogen and oxygen atoms in total. The molecular formula is C14H22ClN5. The highest BCUT2D eigenvalue weighted by molar-refractivity contribution is 6.36. The summed E-state index contributed by atoms with van der Waals surface area (Å²) < 4.78 is 0. The molecule has 3 N–H and O–H groups in total. The Hall–Kier alpha value is -1.33. The zero-order valence-electron chi connectivity index (χ0n) is 12.3. The van der Waals surface area contributed by atoms with Gasteiger partial charge in [0, 0.05) is 43.5 Å². The summed E-state index contributed by atoms with van der Waals surface area (Å²) in [6.07, 6.45) is 1.66. The van der Waals surface area contributed by atoms with Crippen molar-refractivity contribution in [3.8, 4) is 0 Å². The van der Waals surface area contributed by atoms with Crippen LogP contribution < -0.4 is 10.6 Å². The summed E-state index contributed by atoms with van der Waals surface area (Å²) in [7, 11) is 0. The Kier molecular flexibility index (Phi) is 4.20. The largest absolute Gasteiger partial charge is 0.384 e. The van der Waals surface area contributed by atoms with Crippen LogP contribution in [0.25, 0.3) is 0 Å². The van der Waals surface area contributed by atoms with Crippen LogP contribution in [0.2, 0.25) is 5.02 Å². The van der Waals surface area contributed by atoms with Crippen LogP contribution in [0.15, 0.2) is 12.3 Å². The van der Waals surface area contributed by atoms with Gasteiger partial charge in [0.1, 0.15) is 11.7 Å². The van der Waals surface area contributed by atoms with Crippen molar-refractivity contribution < 1.29 is 0 Å². The highest BCUT2D eigenvalue weighted by atomic mass is 35.5. The summed E-state index contributed by atoms with van der Waals surface area (Å²) in [6.45, 7) is 10.4. The number of rotatable bonds is 2. The fourth-order valence-corrected chi connectivity index (χ4v) is 2.78. The van der Waals surface area contributed by atoms with Gasteiger partial charge >= 0.3 is 0 Å². The van der Waals surface area contributed by atoms with Crippen molar-refractivity contribution in [2.45, 2.75) is 26.3 Å². The summed E-state index contributed by atoms with van der Waals surface area (Å²) in [5.41, 5.74) is 6.27. The van der Waals surface area contributed by atoms with Crippen molar-refractivity contribution in [1.29, 1.82) is 5.41 Å². The van der Waals surface area contributed by atoms with Crippen LogP contribution in [-0.2, 0) is 0 Å². The minimum atomic E-state index is -0.0213. The Morgan fingerprint density at radius 2 is 1.90 bits per heavy atom. The van der Waals surface area contributed by atoms with Crippen molar-refractivity contribution in [1.82, 2.24) is 9.88 Å². The first kappa shape index (κ1) is 15.1. The standard InChI is InChI=1S/C14H22ClN5/c1-14(2,3)20-8-6-19(7-9-20)13-11(15)10(12(16)17)4-5-18-13/h4-5H,6-9H2,1-3H3,(H3,16,17). The Morgan fingerprint density at radius 3 is 2.40 bits per heavy atom. The number of hydrogen-bond donors (Lipinski definition) is 2. The third-order valence-corrected chi connectivity index (χ3v) is 4.06. The lowest BCUT2D eigenvalue weighted by Crippen LogP contribution is -2.53. The molecule has 1 aliphatic rings. The van der Waals surface area contributed by atoms with Crippen LogP contribution in [0, 0.1) is 5.41 Å². The van der Waals surface area contributed by atoms with Crippen molar-refractivity contribution in [3.05, 3.63) is 22.8 Å². The number of halogens is 1. The molecular weight excluding hydrogens is 274 g/mol. The molecule has 1 aromatic rings. The third kappa shape index (κ3) is 3.04. The van der Waals surface area contributed by atoms with Gasteiger partial charge in [0.2, 0.25) is 0 Å². The fraction of sp³-hybridized carbons (Fsp3) is 0.571. The van der Waals surface area contributed by atoms with Gasteiger partial charge in [-0.05, 0) is 26.8 Å². The highest BCUT2D eigenvalue weighted by Gasteiger charge is 2.27. The van der Waals surface area contributed by atoms with Crippen molar-refractivity contribution in [3.63, 3.8) is 0 Å². The summed E-state index contributed by atoms with van der Waals surface area (Å²) in [5, 5.41) is 8.02. The van der Waals surface area contributed by atoms with Gasteiger partial charge in [0.25, 0.3) is 0 Å². The van der Waals surface area contributed by atoms with E-state index in [-0.39, 0.29) is 11.4 Å². The van der Waals surface area contributed by atoms with Crippen LogP contribution in [0.3, 0.4) is 0 Å². The van der Waals surface area contributed by atoms with Crippen molar-refractivity contribution in [2.24, 2.45) is 5.73 Å². The van der Waals surface area contributed by atoms with Gasteiger partial charge in [-0.3, -0.25) is 10.3 Å². The van der Waals surface area contributed by atoms with E-state index < -0.39 is 0 Å². The van der Waals surface area contributed by atoms with Crippen LogP contribution >= 0.6 is 11.6 Å². The van der Waals surface area contributed by atoms with Gasteiger partial charge in [0.05, 0.1) is 5.02 Å². The molecule has 0 aromatic carbocycles. The smallest absolute Gasteiger partial charge is 0.148 e. The average molecular weight is 296 g/mol. The maximum atomic E-state index is 7.54. The molecule has 1 aliphatic heterocycles. The van der Waals surface area contributed by atoms with Gasteiger partial charge in [-0.15, -0.1) is 0 Å². The van der Waals surface area contributed by atoms with E-state index in [0.717, 1.165) is 32.0 Å². The van der Waals surface area contributed by atoms with Crippen LogP contribution in [0.4, 0.5) is 5.82 Å². The van der Waals surface area contributed by atoms with E-state index in [4.69, 9.17) is 22.7 Å². The van der Waals surface area contributed by atoms with Crippen molar-refractivity contribution >= 4 is 23.3 Å². The maximum Gasteiger partial charge on any atom is 0.148 e. The fourth-order valence-electron chi connectivity index (χ4n) is 2.45. The molecule has 110 valence electrons. The van der Waals surface area contributed by atoms with E-state index >= 15 is 0 Å². The molecule has 2 rings (SSSR count). The van der Waals surface area contributed by atoms with Gasteiger partial charge in [-0.1, -0.05) is 11.6 Å². The average Bonchev–Trinajstić information content (AvgIpc) is 2.38. The molecule has 0 spiro atoms. The summed E-state index contributed by atoms with van der Waals surface area (Å²) >= 11 is 6.32. The van der Waals surface area contributed by atoms with Crippen molar-refractivity contribution in [2.75, 3.05) is 31.1 Å². The van der Waals surface area contributed by atoms with Gasteiger partial charge in [-0.2, -0.15) is 0 Å². The first-order valence-electron chi connectivity index (χ1n) is 6.79. The second kappa shape index (κ2) is 5.58. The zero-order valence-corrected chi connectivity index (χ0v) is 13.0. The third-order valence-electron chi connectivity index (χ3n) is 3.69. The Labute approximate surface area is 125 Å². The first-order chi connectivity index (χ1) is 9.30. The van der Waals surface area contributed by atoms with E-state index in [1.807, 2.05) is 0 Å². The Morgan fingerprint density at radius 1 is 1.30 bits per heavy atom. The molecule has 0 unspecified atom stereocenters. The molecule has 0 radical (unpaired) electrons. The quantitative estimate of drug-likeness (QED) is 0.646. The molecule has 2 heterocycles. The number of aromatic nitrogens is 1. The molecule has 20 heavy (non-hydrogen) atoms. The SMILES string of the molecule is CC(C)(C)N1CCN(c2nccc(C(=N)N)c2Cl)CC1. The molecule has 1 saturated heterocycles. The van der Waals surface area contributed by atoms with Gasteiger partial charge < -0.3 is 10.6 Å². The topological polar surface area (TPSA) is 69.2 Å². The van der Waals surface area contributed by atoms with E-state index in [1.54, 1.807) is 12.3 Å². The van der Waals surface area contributed by atoms with Crippen LogP contribution in [0.1, 0.15) is 26.3 Å². The minimum absolute atomic E-state index is 0.0213. The highest BCUT2D eigenvalue weighted by Crippen LogP contribution is 2.28. The monoisotopic (exact) mass is 295 g/mol. The van der Waals surface area contributed by atoms with E-state index in [1.165, 1.54) is 0 Å². The number of nitrogens with zero attached hydrogens (tertiary/aromatic N) is 3. The second-order valence-corrected chi connectivity index (χ2v) is 6.43. The summed E-state index contributed by atoms with van der Waals surface area (Å²) in [6, 6.07) is 1.68. The molecule has 1 fully saturated rings. The number of anilines is 1. The number of nitrogens with one attached hydrogen (secondary N) is 1. The van der Waals surface area contributed by atoms with Gasteiger partial charge in [0.15, 0.2) is 0 Å². The number of pyridine rings is 1. The Bertz CT molecular complexity index is 501. The molecule has 0 amide bonds. The predicted octanol–water partition coefficient (Wildman–Crippen LogP) is 1.94. The normalized spacial score (nSPS) is 17.3. The first-order valence-corrected chi connectivity index (χ1v) is 7.17. The maximum absolute atomic E-state index is 7.54. The van der Waals surface area contributed by atoms with Crippen LogP contribution in [0.5, 0.6) is 0 Å². The molecule has 0 atom stereocenters. The lowest BCUT2D eigenvalue weighted by Gasteiger charge is -2.42.